The number of rotatable bonds is 4. The van der Waals surface area contributed by atoms with Gasteiger partial charge in [-0.2, -0.15) is 8.78 Å². The van der Waals surface area contributed by atoms with Gasteiger partial charge in [-0.1, -0.05) is 11.6 Å². The van der Waals surface area contributed by atoms with Crippen LogP contribution in [0.15, 0.2) is 18.2 Å². The maximum atomic E-state index is 13.1. The second-order valence-corrected chi connectivity index (χ2v) is 7.34. The van der Waals surface area contributed by atoms with Gasteiger partial charge < -0.3 is 14.5 Å². The first-order valence-electron chi connectivity index (χ1n) is 9.03. The van der Waals surface area contributed by atoms with E-state index in [-0.39, 0.29) is 22.7 Å². The Balaban J connectivity index is 1.62. The van der Waals surface area contributed by atoms with E-state index in [0.29, 0.717) is 17.9 Å². The predicted octanol–water partition coefficient (Wildman–Crippen LogP) is 3.97. The first-order chi connectivity index (χ1) is 13.3. The van der Waals surface area contributed by atoms with Crippen molar-refractivity contribution in [2.45, 2.75) is 39.5 Å². The summed E-state index contributed by atoms with van der Waals surface area (Å²) < 4.78 is 29.1. The van der Waals surface area contributed by atoms with Gasteiger partial charge in [0.05, 0.1) is 23.3 Å². The molecule has 0 saturated carbocycles. The van der Waals surface area contributed by atoms with Crippen molar-refractivity contribution in [1.29, 1.82) is 0 Å². The van der Waals surface area contributed by atoms with Crippen molar-refractivity contribution in [2.24, 2.45) is 0 Å². The van der Waals surface area contributed by atoms with Crippen molar-refractivity contribution in [1.82, 2.24) is 14.9 Å². The van der Waals surface area contributed by atoms with Crippen LogP contribution < -0.4 is 9.64 Å². The van der Waals surface area contributed by atoms with Crippen LogP contribution in [0.25, 0.3) is 0 Å². The molecule has 28 heavy (non-hydrogen) atoms. The number of hydrogen-bond acceptors (Lipinski definition) is 5. The number of ether oxygens (including phenoxy) is 1. The topological polar surface area (TPSA) is 58.6 Å². The molecule has 0 N–H and O–H groups in total. The number of aryl methyl sites for hydroxylation is 1. The maximum absolute atomic E-state index is 13.1. The van der Waals surface area contributed by atoms with Gasteiger partial charge in [0.15, 0.2) is 0 Å². The number of nitrogens with zero attached hydrogens (tertiary/aromatic N) is 4. The molecule has 9 heteroatoms. The molecule has 2 aromatic rings. The standard InChI is InChI=1S/C19H19ClF2N4O2/c1-10-16-14(23-11(2)24-17(16)25-6-3-7-25)9-26(10)18(27)12-4-5-15(13(20)8-12)28-19(21)22/h4-5,8,10,19H,3,6-7,9H2,1-2H3/t10-/m1/s1. The number of alkyl halides is 2. The fraction of sp³-hybridized carbons (Fsp3) is 0.421. The molecule has 1 amide bonds. The van der Waals surface area contributed by atoms with Crippen LogP contribution in [0.3, 0.4) is 0 Å². The summed E-state index contributed by atoms with van der Waals surface area (Å²) in [6.45, 7) is 3.08. The summed E-state index contributed by atoms with van der Waals surface area (Å²) >= 11 is 6.01. The van der Waals surface area contributed by atoms with E-state index in [1.807, 2.05) is 13.8 Å². The Kier molecular flexibility index (Phi) is 4.82. The number of hydrogen-bond donors (Lipinski definition) is 0. The Morgan fingerprint density at radius 2 is 2.07 bits per heavy atom. The quantitative estimate of drug-likeness (QED) is 0.766. The minimum Gasteiger partial charge on any atom is -0.433 e. The fourth-order valence-corrected chi connectivity index (χ4v) is 3.86. The molecule has 0 aliphatic carbocycles. The highest BCUT2D eigenvalue weighted by molar-refractivity contribution is 6.32. The Labute approximate surface area is 166 Å². The number of benzene rings is 1. The monoisotopic (exact) mass is 408 g/mol. The number of fused-ring (bicyclic) bond motifs is 1. The van der Waals surface area contributed by atoms with Crippen molar-refractivity contribution in [3.05, 3.63) is 45.9 Å². The highest BCUT2D eigenvalue weighted by Gasteiger charge is 2.37. The van der Waals surface area contributed by atoms with Gasteiger partial charge in [0.1, 0.15) is 17.4 Å². The van der Waals surface area contributed by atoms with Crippen LogP contribution in [0.5, 0.6) is 5.75 Å². The minimum absolute atomic E-state index is 0.0348. The number of aromatic nitrogens is 2. The lowest BCUT2D eigenvalue weighted by molar-refractivity contribution is -0.0497. The fourth-order valence-electron chi connectivity index (χ4n) is 3.63. The van der Waals surface area contributed by atoms with E-state index in [0.717, 1.165) is 36.6 Å². The van der Waals surface area contributed by atoms with Gasteiger partial charge in [-0.15, -0.1) is 0 Å². The van der Waals surface area contributed by atoms with Gasteiger partial charge >= 0.3 is 6.61 Å². The largest absolute Gasteiger partial charge is 0.433 e. The van der Waals surface area contributed by atoms with Crippen LogP contribution in [0.2, 0.25) is 5.02 Å². The second kappa shape index (κ2) is 7.16. The third-order valence-electron chi connectivity index (χ3n) is 5.13. The van der Waals surface area contributed by atoms with Gasteiger partial charge in [-0.05, 0) is 38.5 Å². The van der Waals surface area contributed by atoms with Crippen LogP contribution in [-0.4, -0.2) is 40.5 Å². The first kappa shape index (κ1) is 18.9. The van der Waals surface area contributed by atoms with Crippen LogP contribution in [0.4, 0.5) is 14.6 Å². The van der Waals surface area contributed by atoms with Gasteiger partial charge in [0, 0.05) is 24.2 Å². The van der Waals surface area contributed by atoms with E-state index in [1.54, 1.807) is 4.90 Å². The van der Waals surface area contributed by atoms with Crippen molar-refractivity contribution in [2.75, 3.05) is 18.0 Å². The highest BCUT2D eigenvalue weighted by atomic mass is 35.5. The number of carbonyl (C=O) groups excluding carboxylic acids is 1. The summed E-state index contributed by atoms with van der Waals surface area (Å²) in [5, 5.41) is -0.0348. The van der Waals surface area contributed by atoms with E-state index in [9.17, 15) is 13.6 Å². The second-order valence-electron chi connectivity index (χ2n) is 6.93. The molecule has 0 radical (unpaired) electrons. The molecule has 2 aliphatic rings. The molecule has 1 aromatic carbocycles. The van der Waals surface area contributed by atoms with Gasteiger partial charge in [-0.25, -0.2) is 9.97 Å². The molecular weight excluding hydrogens is 390 g/mol. The number of halogens is 3. The van der Waals surface area contributed by atoms with Crippen molar-refractivity contribution in [3.8, 4) is 5.75 Å². The average Bonchev–Trinajstić information content (AvgIpc) is 2.90. The maximum Gasteiger partial charge on any atom is 0.387 e. The summed E-state index contributed by atoms with van der Waals surface area (Å²) in [7, 11) is 0. The van der Waals surface area contributed by atoms with E-state index in [4.69, 9.17) is 11.6 Å². The zero-order valence-electron chi connectivity index (χ0n) is 15.5. The molecule has 148 valence electrons. The molecule has 3 heterocycles. The van der Waals surface area contributed by atoms with Crippen molar-refractivity contribution in [3.63, 3.8) is 0 Å². The SMILES string of the molecule is Cc1nc2c(c(N3CCC3)n1)[C@@H](C)N(C(=O)c1ccc(OC(F)F)c(Cl)c1)C2. The molecule has 1 saturated heterocycles. The molecule has 0 spiro atoms. The van der Waals surface area contributed by atoms with E-state index >= 15 is 0 Å². The molecule has 2 aliphatic heterocycles. The van der Waals surface area contributed by atoms with Crippen molar-refractivity contribution >= 4 is 23.3 Å². The lowest BCUT2D eigenvalue weighted by atomic mass is 10.1. The summed E-state index contributed by atoms with van der Waals surface area (Å²) in [4.78, 5) is 26.1. The van der Waals surface area contributed by atoms with Crippen LogP contribution in [0.1, 0.15) is 46.8 Å². The average molecular weight is 409 g/mol. The predicted molar refractivity (Wildman–Crippen MR) is 100.0 cm³/mol. The van der Waals surface area contributed by atoms with Crippen LogP contribution in [-0.2, 0) is 6.54 Å². The normalized spacial score (nSPS) is 18.3. The Bertz CT molecular complexity index is 936. The third-order valence-corrected chi connectivity index (χ3v) is 5.43. The summed E-state index contributed by atoms with van der Waals surface area (Å²) in [6.07, 6.45) is 1.13. The molecule has 1 atom stereocenters. The Morgan fingerprint density at radius 3 is 2.68 bits per heavy atom. The van der Waals surface area contributed by atoms with Gasteiger partial charge in [0.25, 0.3) is 5.91 Å². The molecule has 0 bridgehead atoms. The smallest absolute Gasteiger partial charge is 0.387 e. The lowest BCUT2D eigenvalue weighted by Gasteiger charge is -2.34. The van der Waals surface area contributed by atoms with E-state index in [1.165, 1.54) is 18.2 Å². The number of amides is 1. The van der Waals surface area contributed by atoms with Crippen LogP contribution >= 0.6 is 11.6 Å². The van der Waals surface area contributed by atoms with E-state index < -0.39 is 6.61 Å². The highest BCUT2D eigenvalue weighted by Crippen LogP contribution is 2.40. The molecule has 4 rings (SSSR count). The van der Waals surface area contributed by atoms with Gasteiger partial charge in [-0.3, -0.25) is 4.79 Å². The molecule has 1 aromatic heterocycles. The van der Waals surface area contributed by atoms with Gasteiger partial charge in [0.2, 0.25) is 0 Å². The Hall–Kier alpha value is -2.48. The first-order valence-corrected chi connectivity index (χ1v) is 9.40. The lowest BCUT2D eigenvalue weighted by Crippen LogP contribution is -2.39. The minimum atomic E-state index is -2.98. The molecule has 1 fully saturated rings. The molecule has 6 nitrogen and oxygen atoms in total. The number of anilines is 1. The summed E-state index contributed by atoms with van der Waals surface area (Å²) in [5.74, 6) is 1.17. The van der Waals surface area contributed by atoms with E-state index in [2.05, 4.69) is 19.6 Å². The molecule has 0 unspecified atom stereocenters. The number of carbonyl (C=O) groups is 1. The zero-order valence-corrected chi connectivity index (χ0v) is 16.2. The molecular formula is C19H19ClF2N4O2. The summed E-state index contributed by atoms with van der Waals surface area (Å²) in [6, 6.07) is 3.87. The van der Waals surface area contributed by atoms with Crippen molar-refractivity contribution < 1.29 is 18.3 Å². The summed E-state index contributed by atoms with van der Waals surface area (Å²) in [5.41, 5.74) is 2.13. The zero-order chi connectivity index (χ0) is 20.0. The third kappa shape index (κ3) is 3.26. The Morgan fingerprint density at radius 1 is 1.32 bits per heavy atom. The van der Waals surface area contributed by atoms with Crippen LogP contribution in [0, 0.1) is 6.92 Å².